The zero-order chi connectivity index (χ0) is 11.6. The van der Waals surface area contributed by atoms with Crippen LogP contribution in [0.5, 0.6) is 0 Å². The summed E-state index contributed by atoms with van der Waals surface area (Å²) in [6.45, 7) is -0.0499. The van der Waals surface area contributed by atoms with Crippen molar-refractivity contribution in [1.82, 2.24) is 0 Å². The Morgan fingerprint density at radius 3 is 2.75 bits per heavy atom. The Labute approximate surface area is 92.2 Å². The predicted molar refractivity (Wildman–Crippen MR) is 55.6 cm³/mol. The largest absolute Gasteiger partial charge is 0.441 e. The topological polar surface area (TPSA) is 96.9 Å². The summed E-state index contributed by atoms with van der Waals surface area (Å²) in [7, 11) is -4.13. The van der Waals surface area contributed by atoms with E-state index < -0.39 is 10.4 Å². The molecule has 1 aromatic rings. The summed E-state index contributed by atoms with van der Waals surface area (Å²) < 4.78 is 30.8. The van der Waals surface area contributed by atoms with Gasteiger partial charge in [0, 0.05) is 6.61 Å². The first kappa shape index (κ1) is 11.1. The van der Waals surface area contributed by atoms with E-state index in [1.807, 2.05) is 0 Å². The second kappa shape index (κ2) is 4.26. The first-order valence-corrected chi connectivity index (χ1v) is 5.82. The van der Waals surface area contributed by atoms with Crippen LogP contribution in [0.3, 0.4) is 0 Å². The Morgan fingerprint density at radius 1 is 1.25 bits per heavy atom. The SMILES string of the molecule is O=S1(=O)ONc2ccc(c(CCO)c2)NO1. The lowest BCUT2D eigenvalue weighted by atomic mass is 10.1. The number of rotatable bonds is 2. The molecule has 3 N–H and O–H groups in total. The fraction of sp³-hybridized carbons (Fsp3) is 0.250. The molecule has 0 spiro atoms. The van der Waals surface area contributed by atoms with Gasteiger partial charge in [-0.3, -0.25) is 0 Å². The van der Waals surface area contributed by atoms with E-state index in [0.717, 1.165) is 0 Å². The van der Waals surface area contributed by atoms with Crippen LogP contribution in [0, 0.1) is 0 Å². The van der Waals surface area contributed by atoms with Gasteiger partial charge in [-0.1, -0.05) is 0 Å². The van der Waals surface area contributed by atoms with Crippen molar-refractivity contribution in [1.29, 1.82) is 0 Å². The Hall–Kier alpha value is -1.35. The molecule has 2 bridgehead atoms. The Kier molecular flexibility index (Phi) is 2.97. The van der Waals surface area contributed by atoms with Crippen LogP contribution in [0.25, 0.3) is 0 Å². The third kappa shape index (κ3) is 2.42. The van der Waals surface area contributed by atoms with E-state index in [2.05, 4.69) is 19.5 Å². The molecule has 0 atom stereocenters. The number of benzene rings is 1. The van der Waals surface area contributed by atoms with E-state index in [1.165, 1.54) is 0 Å². The van der Waals surface area contributed by atoms with Crippen LogP contribution in [0.2, 0.25) is 0 Å². The summed E-state index contributed by atoms with van der Waals surface area (Å²) in [6, 6.07) is 4.90. The van der Waals surface area contributed by atoms with Gasteiger partial charge in [0.2, 0.25) is 0 Å². The van der Waals surface area contributed by atoms with E-state index in [0.29, 0.717) is 23.4 Å². The Morgan fingerprint density at radius 2 is 2.00 bits per heavy atom. The molecule has 0 aromatic heterocycles. The molecule has 0 fully saturated rings. The van der Waals surface area contributed by atoms with Crippen molar-refractivity contribution in [2.45, 2.75) is 6.42 Å². The van der Waals surface area contributed by atoms with E-state index in [1.54, 1.807) is 18.2 Å². The minimum Gasteiger partial charge on any atom is -0.396 e. The van der Waals surface area contributed by atoms with Gasteiger partial charge >= 0.3 is 10.4 Å². The molecule has 8 heteroatoms. The molecule has 2 aliphatic heterocycles. The van der Waals surface area contributed by atoms with Crippen molar-refractivity contribution in [3.05, 3.63) is 23.8 Å². The molecule has 0 saturated carbocycles. The maximum Gasteiger partial charge on any atom is 0.441 e. The highest BCUT2D eigenvalue weighted by atomic mass is 32.3. The molecule has 2 heterocycles. The molecule has 0 aliphatic carbocycles. The molecule has 3 rings (SSSR count). The molecular formula is C8H10N2O5S. The lowest BCUT2D eigenvalue weighted by Gasteiger charge is -2.07. The minimum atomic E-state index is -4.13. The number of nitrogens with one attached hydrogen (secondary N) is 2. The highest BCUT2D eigenvalue weighted by Gasteiger charge is 2.17. The summed E-state index contributed by atoms with van der Waals surface area (Å²) in [6.07, 6.45) is 0.376. The summed E-state index contributed by atoms with van der Waals surface area (Å²) in [4.78, 5) is 0. The van der Waals surface area contributed by atoms with Crippen LogP contribution < -0.4 is 11.0 Å². The molecular weight excluding hydrogens is 236 g/mol. The summed E-state index contributed by atoms with van der Waals surface area (Å²) in [5.74, 6) is 0. The van der Waals surface area contributed by atoms with Gasteiger partial charge in [-0.2, -0.15) is 8.42 Å². The van der Waals surface area contributed by atoms with Crippen LogP contribution in [0.4, 0.5) is 11.4 Å². The van der Waals surface area contributed by atoms with Crippen molar-refractivity contribution in [3.63, 3.8) is 0 Å². The fourth-order valence-electron chi connectivity index (χ4n) is 1.30. The first-order chi connectivity index (χ1) is 7.61. The molecule has 16 heavy (non-hydrogen) atoms. The van der Waals surface area contributed by atoms with E-state index >= 15 is 0 Å². The van der Waals surface area contributed by atoms with Gasteiger partial charge in [0.25, 0.3) is 0 Å². The number of hydrogen-bond donors (Lipinski definition) is 3. The number of aliphatic hydroxyl groups excluding tert-OH is 1. The monoisotopic (exact) mass is 246 g/mol. The second-order valence-corrected chi connectivity index (χ2v) is 4.27. The van der Waals surface area contributed by atoms with Crippen LogP contribution in [-0.2, 0) is 25.4 Å². The predicted octanol–water partition coefficient (Wildman–Crippen LogP) is 0.167. The van der Waals surface area contributed by atoms with E-state index in [-0.39, 0.29) is 6.61 Å². The highest BCUT2D eigenvalue weighted by molar-refractivity contribution is 7.81. The third-order valence-electron chi connectivity index (χ3n) is 2.00. The van der Waals surface area contributed by atoms with Crippen LogP contribution in [0.15, 0.2) is 18.2 Å². The van der Waals surface area contributed by atoms with Gasteiger partial charge in [-0.15, -0.1) is 8.57 Å². The van der Waals surface area contributed by atoms with Crippen molar-refractivity contribution >= 4 is 21.8 Å². The smallest absolute Gasteiger partial charge is 0.396 e. The lowest BCUT2D eigenvalue weighted by molar-refractivity contribution is 0.281. The maximum atomic E-state index is 11.1. The molecule has 2 aliphatic rings. The summed E-state index contributed by atoms with van der Waals surface area (Å²) in [5, 5.41) is 8.86. The number of aliphatic hydroxyl groups is 1. The molecule has 0 unspecified atom stereocenters. The maximum absolute atomic E-state index is 11.1. The lowest BCUT2D eigenvalue weighted by Crippen LogP contribution is -2.16. The van der Waals surface area contributed by atoms with Crippen molar-refractivity contribution in [3.8, 4) is 0 Å². The van der Waals surface area contributed by atoms with Crippen LogP contribution in [0.1, 0.15) is 5.56 Å². The average Bonchev–Trinajstić information content (AvgIpc) is 2.35. The molecule has 0 amide bonds. The van der Waals surface area contributed by atoms with Crippen LogP contribution in [-0.4, -0.2) is 20.1 Å². The van der Waals surface area contributed by atoms with Gasteiger partial charge in [0.15, 0.2) is 0 Å². The van der Waals surface area contributed by atoms with Crippen molar-refractivity contribution < 1.29 is 22.1 Å². The quantitative estimate of drug-likeness (QED) is 0.684. The minimum absolute atomic E-state index is 0.0499. The Balaban J connectivity index is 2.37. The summed E-state index contributed by atoms with van der Waals surface area (Å²) >= 11 is 0. The molecule has 1 aromatic carbocycles. The highest BCUT2D eigenvalue weighted by Crippen LogP contribution is 2.23. The van der Waals surface area contributed by atoms with Gasteiger partial charge in [0.1, 0.15) is 0 Å². The molecule has 7 nitrogen and oxygen atoms in total. The molecule has 88 valence electrons. The molecule has 0 radical (unpaired) electrons. The third-order valence-corrected chi connectivity index (χ3v) is 2.58. The van der Waals surface area contributed by atoms with E-state index in [4.69, 9.17) is 5.11 Å². The van der Waals surface area contributed by atoms with Gasteiger partial charge in [-0.05, 0) is 30.2 Å². The van der Waals surface area contributed by atoms with Crippen molar-refractivity contribution in [2.24, 2.45) is 0 Å². The standard InChI is InChI=1S/C8H10N2O5S/c11-4-3-6-5-7-1-2-8(6)10-15-16(12,13)14-9-7/h1-2,5,9-11H,3-4H2. The Bertz CT molecular complexity index is 487. The number of hydrogen-bond acceptors (Lipinski definition) is 7. The van der Waals surface area contributed by atoms with Gasteiger partial charge in [-0.25, -0.2) is 11.0 Å². The van der Waals surface area contributed by atoms with Gasteiger partial charge in [0.05, 0.1) is 11.4 Å². The van der Waals surface area contributed by atoms with Crippen LogP contribution >= 0.6 is 0 Å². The first-order valence-electron chi connectivity index (χ1n) is 4.48. The fourth-order valence-corrected chi connectivity index (χ4v) is 1.72. The van der Waals surface area contributed by atoms with Crippen molar-refractivity contribution in [2.75, 3.05) is 17.6 Å². The number of fused-ring (bicyclic) bond motifs is 6. The van der Waals surface area contributed by atoms with E-state index in [9.17, 15) is 8.42 Å². The summed E-state index contributed by atoms with van der Waals surface area (Å²) in [5.41, 5.74) is 6.14. The average molecular weight is 246 g/mol. The zero-order valence-electron chi connectivity index (χ0n) is 8.13. The number of anilines is 2. The second-order valence-electron chi connectivity index (χ2n) is 3.12. The van der Waals surface area contributed by atoms with Gasteiger partial charge < -0.3 is 5.11 Å². The zero-order valence-corrected chi connectivity index (χ0v) is 8.95. The molecule has 0 saturated heterocycles. The normalized spacial score (nSPS) is 17.8.